The van der Waals surface area contributed by atoms with Crippen molar-refractivity contribution in [2.75, 3.05) is 26.3 Å². The Bertz CT molecular complexity index is 668. The second-order valence-electron chi connectivity index (χ2n) is 6.44. The van der Waals surface area contributed by atoms with Gasteiger partial charge in [0, 0.05) is 37.2 Å². The molecule has 0 aromatic carbocycles. The predicted molar refractivity (Wildman–Crippen MR) is 120 cm³/mol. The molecule has 1 aliphatic heterocycles. The summed E-state index contributed by atoms with van der Waals surface area (Å²) in [6.07, 6.45) is 7.58. The molecule has 0 amide bonds. The van der Waals surface area contributed by atoms with Crippen LogP contribution in [0.1, 0.15) is 65.0 Å². The molecule has 1 saturated heterocycles. The van der Waals surface area contributed by atoms with Crippen LogP contribution in [0.5, 0.6) is 0 Å². The molecule has 0 atom stereocenters. The molecule has 9 heteroatoms. The number of morpholine rings is 1. The SMILES string of the molecule is CC.CC.Clc1c(-c2ncco2)n[nH]c1C1CCC(NSN2CCOCC2)CC1. The molecule has 0 bridgehead atoms. The van der Waals surface area contributed by atoms with Crippen molar-refractivity contribution in [1.29, 1.82) is 0 Å². The molecule has 164 valence electrons. The van der Waals surface area contributed by atoms with Crippen molar-refractivity contribution >= 4 is 23.7 Å². The lowest BCUT2D eigenvalue weighted by atomic mass is 9.84. The fraction of sp³-hybridized carbons (Fsp3) is 0.700. The van der Waals surface area contributed by atoms with Crippen LogP contribution in [0.3, 0.4) is 0 Å². The fourth-order valence-corrected chi connectivity index (χ4v) is 4.57. The third-order valence-electron chi connectivity index (χ3n) is 4.82. The normalized spacial score (nSPS) is 22.2. The third-order valence-corrected chi connectivity index (χ3v) is 6.27. The minimum absolute atomic E-state index is 0.412. The molecule has 0 unspecified atom stereocenters. The van der Waals surface area contributed by atoms with E-state index in [4.69, 9.17) is 20.8 Å². The van der Waals surface area contributed by atoms with E-state index in [1.807, 2.05) is 27.7 Å². The van der Waals surface area contributed by atoms with Crippen molar-refractivity contribution < 1.29 is 9.15 Å². The summed E-state index contributed by atoms with van der Waals surface area (Å²) in [6, 6.07) is 0.539. The van der Waals surface area contributed by atoms with Crippen LogP contribution < -0.4 is 4.72 Å². The van der Waals surface area contributed by atoms with E-state index in [1.54, 1.807) is 18.3 Å². The van der Waals surface area contributed by atoms with Gasteiger partial charge in [-0.1, -0.05) is 39.3 Å². The highest BCUT2D eigenvalue weighted by Crippen LogP contribution is 2.39. The molecule has 2 aromatic rings. The molecule has 2 aromatic heterocycles. The number of oxazole rings is 1. The summed E-state index contributed by atoms with van der Waals surface area (Å²) in [5.41, 5.74) is 1.61. The quantitative estimate of drug-likeness (QED) is 0.608. The van der Waals surface area contributed by atoms with Gasteiger partial charge in [0.25, 0.3) is 0 Å². The Labute approximate surface area is 183 Å². The highest BCUT2D eigenvalue weighted by atomic mass is 35.5. The van der Waals surface area contributed by atoms with Crippen LogP contribution in [0.15, 0.2) is 16.9 Å². The van der Waals surface area contributed by atoms with E-state index in [0.29, 0.717) is 28.6 Å². The number of hydrogen-bond donors (Lipinski definition) is 2. The maximum atomic E-state index is 6.52. The van der Waals surface area contributed by atoms with E-state index in [0.717, 1.165) is 57.7 Å². The topological polar surface area (TPSA) is 79.2 Å². The maximum Gasteiger partial charge on any atom is 0.248 e. The van der Waals surface area contributed by atoms with Gasteiger partial charge in [-0.15, -0.1) is 0 Å². The van der Waals surface area contributed by atoms with Gasteiger partial charge in [0.15, 0.2) is 5.69 Å². The van der Waals surface area contributed by atoms with E-state index in [2.05, 4.69) is 24.2 Å². The van der Waals surface area contributed by atoms with Gasteiger partial charge in [-0.3, -0.25) is 5.10 Å². The number of H-pyrrole nitrogens is 1. The number of rotatable bonds is 5. The number of nitrogens with one attached hydrogen (secondary N) is 2. The number of nitrogens with zero attached hydrogens (tertiary/aromatic N) is 3. The van der Waals surface area contributed by atoms with Crippen molar-refractivity contribution in [2.24, 2.45) is 0 Å². The molecule has 0 radical (unpaired) electrons. The average Bonchev–Trinajstić information content (AvgIpc) is 3.46. The smallest absolute Gasteiger partial charge is 0.248 e. The summed E-state index contributed by atoms with van der Waals surface area (Å²) in [5.74, 6) is 0.875. The van der Waals surface area contributed by atoms with Gasteiger partial charge in [-0.25, -0.2) is 14.0 Å². The highest BCUT2D eigenvalue weighted by Gasteiger charge is 2.28. The van der Waals surface area contributed by atoms with Crippen molar-refractivity contribution in [3.63, 3.8) is 0 Å². The first-order valence-electron chi connectivity index (χ1n) is 10.7. The molecule has 1 saturated carbocycles. The summed E-state index contributed by atoms with van der Waals surface area (Å²) in [7, 11) is 0. The average molecular weight is 444 g/mol. The molecule has 7 nitrogen and oxygen atoms in total. The number of halogens is 1. The fourth-order valence-electron chi connectivity index (χ4n) is 3.38. The number of aromatic amines is 1. The van der Waals surface area contributed by atoms with Gasteiger partial charge in [-0.05, 0) is 25.7 Å². The van der Waals surface area contributed by atoms with E-state index in [-0.39, 0.29) is 0 Å². The van der Waals surface area contributed by atoms with Gasteiger partial charge in [0.1, 0.15) is 6.26 Å². The van der Waals surface area contributed by atoms with Crippen molar-refractivity contribution in [3.05, 3.63) is 23.2 Å². The van der Waals surface area contributed by atoms with Crippen LogP contribution in [0.4, 0.5) is 0 Å². The summed E-state index contributed by atoms with van der Waals surface area (Å²) in [4.78, 5) is 4.13. The minimum Gasteiger partial charge on any atom is -0.443 e. The maximum absolute atomic E-state index is 6.52. The monoisotopic (exact) mass is 443 g/mol. The molecular weight excluding hydrogens is 410 g/mol. The largest absolute Gasteiger partial charge is 0.443 e. The Morgan fingerprint density at radius 3 is 2.45 bits per heavy atom. The van der Waals surface area contributed by atoms with E-state index in [9.17, 15) is 0 Å². The van der Waals surface area contributed by atoms with Gasteiger partial charge < -0.3 is 9.15 Å². The zero-order valence-electron chi connectivity index (χ0n) is 17.9. The Balaban J connectivity index is 0.000000707. The summed E-state index contributed by atoms with van der Waals surface area (Å²) in [5, 5.41) is 8.04. The second-order valence-corrected chi connectivity index (χ2v) is 7.75. The second kappa shape index (κ2) is 13.3. The number of aromatic nitrogens is 3. The molecule has 3 heterocycles. The molecule has 1 aliphatic carbocycles. The molecule has 4 rings (SSSR count). The lowest BCUT2D eigenvalue weighted by molar-refractivity contribution is 0.0768. The Morgan fingerprint density at radius 1 is 1.14 bits per heavy atom. The first kappa shape index (κ1) is 24.2. The Kier molecular flexibility index (Phi) is 11.1. The lowest BCUT2D eigenvalue weighted by Crippen LogP contribution is -2.37. The molecule has 29 heavy (non-hydrogen) atoms. The standard InChI is InChI=1S/C16H22ClN5O2S.2C2H6/c17-13-14(19-20-15(13)16-18-5-8-24-16)11-1-3-12(4-2-11)21-25-22-6-9-23-10-7-22;2*1-2/h5,8,11-12,21H,1-4,6-7,9-10H2,(H,19,20);2*1-2H3. The van der Waals surface area contributed by atoms with Crippen molar-refractivity contribution in [2.45, 2.75) is 65.3 Å². The van der Waals surface area contributed by atoms with Crippen LogP contribution >= 0.6 is 23.7 Å². The van der Waals surface area contributed by atoms with Crippen LogP contribution in [-0.2, 0) is 4.74 Å². The van der Waals surface area contributed by atoms with Crippen molar-refractivity contribution in [1.82, 2.24) is 24.2 Å². The van der Waals surface area contributed by atoms with Gasteiger partial charge >= 0.3 is 0 Å². The molecule has 0 spiro atoms. The first-order chi connectivity index (χ1) is 14.3. The first-order valence-corrected chi connectivity index (χ1v) is 11.8. The van der Waals surface area contributed by atoms with Gasteiger partial charge in [0.2, 0.25) is 5.89 Å². The van der Waals surface area contributed by atoms with Crippen LogP contribution in [0, 0.1) is 0 Å². The Morgan fingerprint density at radius 2 is 1.83 bits per heavy atom. The zero-order chi connectivity index (χ0) is 21.1. The molecule has 2 aliphatic rings. The highest BCUT2D eigenvalue weighted by molar-refractivity contribution is 7.95. The summed E-state index contributed by atoms with van der Waals surface area (Å²) < 4.78 is 16.6. The lowest BCUT2D eigenvalue weighted by Gasteiger charge is -2.31. The molecular formula is C20H34ClN5O2S. The Hall–Kier alpha value is -1.06. The van der Waals surface area contributed by atoms with Crippen LogP contribution in [0.2, 0.25) is 5.02 Å². The van der Waals surface area contributed by atoms with E-state index in [1.165, 1.54) is 6.26 Å². The zero-order valence-corrected chi connectivity index (χ0v) is 19.5. The van der Waals surface area contributed by atoms with E-state index < -0.39 is 0 Å². The van der Waals surface area contributed by atoms with Gasteiger partial charge in [-0.2, -0.15) is 5.10 Å². The predicted octanol–water partition coefficient (Wildman–Crippen LogP) is 5.28. The summed E-state index contributed by atoms with van der Waals surface area (Å²) in [6.45, 7) is 11.6. The minimum atomic E-state index is 0.412. The van der Waals surface area contributed by atoms with Crippen LogP contribution in [0.25, 0.3) is 11.6 Å². The number of ether oxygens (including phenoxy) is 1. The summed E-state index contributed by atoms with van der Waals surface area (Å²) >= 11 is 8.26. The third kappa shape index (κ3) is 6.72. The van der Waals surface area contributed by atoms with Crippen LogP contribution in [-0.4, -0.2) is 51.8 Å². The van der Waals surface area contributed by atoms with Gasteiger partial charge in [0.05, 0.1) is 30.1 Å². The van der Waals surface area contributed by atoms with Crippen molar-refractivity contribution in [3.8, 4) is 11.6 Å². The van der Waals surface area contributed by atoms with E-state index >= 15 is 0 Å². The molecule has 2 N–H and O–H groups in total. The number of hydrogen-bond acceptors (Lipinski definition) is 7. The molecule has 2 fully saturated rings.